The van der Waals surface area contributed by atoms with E-state index in [0.29, 0.717) is 18.6 Å². The van der Waals surface area contributed by atoms with E-state index in [1.807, 2.05) is 12.1 Å². The van der Waals surface area contributed by atoms with Crippen molar-refractivity contribution in [2.24, 2.45) is 0 Å². The molecule has 18 heavy (non-hydrogen) atoms. The molecule has 3 nitrogen and oxygen atoms in total. The zero-order valence-electron chi connectivity index (χ0n) is 10.8. The van der Waals surface area contributed by atoms with Crippen LogP contribution in [0.1, 0.15) is 18.9 Å². The maximum atomic E-state index is 13.4. The molecule has 0 spiro atoms. The van der Waals surface area contributed by atoms with Crippen LogP contribution in [0.15, 0.2) is 24.3 Å². The summed E-state index contributed by atoms with van der Waals surface area (Å²) in [5.74, 6) is -0.142. The third kappa shape index (κ3) is 4.05. The average Bonchev–Trinajstić information content (AvgIpc) is 2.39. The lowest BCUT2D eigenvalue weighted by Gasteiger charge is -2.26. The van der Waals surface area contributed by atoms with Gasteiger partial charge in [-0.05, 0) is 19.4 Å². The van der Waals surface area contributed by atoms with Gasteiger partial charge in [0.25, 0.3) is 0 Å². The SMILES string of the molecule is CC(CC1COCCN1)NCc1ccccc1F. The van der Waals surface area contributed by atoms with E-state index in [2.05, 4.69) is 17.6 Å². The van der Waals surface area contributed by atoms with Crippen molar-refractivity contribution in [1.82, 2.24) is 10.6 Å². The van der Waals surface area contributed by atoms with Crippen LogP contribution < -0.4 is 10.6 Å². The van der Waals surface area contributed by atoms with E-state index < -0.39 is 0 Å². The number of halogens is 1. The number of hydrogen-bond acceptors (Lipinski definition) is 3. The summed E-state index contributed by atoms with van der Waals surface area (Å²) < 4.78 is 18.8. The fourth-order valence-electron chi connectivity index (χ4n) is 2.21. The van der Waals surface area contributed by atoms with Gasteiger partial charge in [-0.3, -0.25) is 0 Å². The van der Waals surface area contributed by atoms with Gasteiger partial charge in [-0.25, -0.2) is 4.39 Å². The number of hydrogen-bond donors (Lipinski definition) is 2. The van der Waals surface area contributed by atoms with E-state index in [-0.39, 0.29) is 5.82 Å². The molecule has 1 saturated heterocycles. The number of benzene rings is 1. The molecule has 2 atom stereocenters. The van der Waals surface area contributed by atoms with Crippen molar-refractivity contribution in [3.8, 4) is 0 Å². The summed E-state index contributed by atoms with van der Waals surface area (Å²) in [5.41, 5.74) is 0.720. The van der Waals surface area contributed by atoms with Crippen LogP contribution in [0.2, 0.25) is 0 Å². The van der Waals surface area contributed by atoms with Gasteiger partial charge in [-0.15, -0.1) is 0 Å². The van der Waals surface area contributed by atoms with Crippen LogP contribution in [-0.4, -0.2) is 31.8 Å². The van der Waals surface area contributed by atoms with Crippen molar-refractivity contribution in [2.75, 3.05) is 19.8 Å². The van der Waals surface area contributed by atoms with E-state index in [9.17, 15) is 4.39 Å². The summed E-state index contributed by atoms with van der Waals surface area (Å²) in [6, 6.07) is 7.63. The first-order valence-electron chi connectivity index (χ1n) is 6.53. The maximum absolute atomic E-state index is 13.4. The van der Waals surface area contributed by atoms with Crippen molar-refractivity contribution in [1.29, 1.82) is 0 Å². The quantitative estimate of drug-likeness (QED) is 0.836. The molecule has 1 aliphatic rings. The first-order chi connectivity index (χ1) is 8.75. The molecule has 0 aromatic heterocycles. The Labute approximate surface area is 108 Å². The van der Waals surface area contributed by atoms with E-state index in [0.717, 1.165) is 31.7 Å². The van der Waals surface area contributed by atoms with E-state index >= 15 is 0 Å². The second-order valence-corrected chi connectivity index (χ2v) is 4.84. The van der Waals surface area contributed by atoms with Gasteiger partial charge in [-0.2, -0.15) is 0 Å². The molecule has 0 saturated carbocycles. The molecular weight excluding hydrogens is 231 g/mol. The van der Waals surface area contributed by atoms with Gasteiger partial charge in [0.1, 0.15) is 5.82 Å². The Kier molecular flexibility index (Phi) is 5.11. The molecule has 1 aliphatic heterocycles. The molecule has 2 rings (SSSR count). The second kappa shape index (κ2) is 6.83. The van der Waals surface area contributed by atoms with Crippen LogP contribution in [0.3, 0.4) is 0 Å². The zero-order chi connectivity index (χ0) is 12.8. The molecule has 4 heteroatoms. The van der Waals surface area contributed by atoms with E-state index in [1.54, 1.807) is 6.07 Å². The summed E-state index contributed by atoms with van der Waals surface area (Å²) in [7, 11) is 0. The molecule has 1 aromatic carbocycles. The molecule has 0 amide bonds. The first-order valence-corrected chi connectivity index (χ1v) is 6.53. The van der Waals surface area contributed by atoms with Crippen LogP contribution >= 0.6 is 0 Å². The Hall–Kier alpha value is -0.970. The number of morpholine rings is 1. The van der Waals surface area contributed by atoms with Crippen LogP contribution in [0.4, 0.5) is 4.39 Å². The number of nitrogens with one attached hydrogen (secondary N) is 2. The monoisotopic (exact) mass is 252 g/mol. The highest BCUT2D eigenvalue weighted by Crippen LogP contribution is 2.07. The standard InChI is InChI=1S/C14H21FN2O/c1-11(8-13-10-18-7-6-16-13)17-9-12-4-2-3-5-14(12)15/h2-5,11,13,16-17H,6-10H2,1H3. The lowest BCUT2D eigenvalue weighted by molar-refractivity contribution is 0.0712. The van der Waals surface area contributed by atoms with Gasteiger partial charge in [0, 0.05) is 30.7 Å². The smallest absolute Gasteiger partial charge is 0.127 e. The molecular formula is C14H21FN2O. The van der Waals surface area contributed by atoms with Crippen molar-refractivity contribution >= 4 is 0 Å². The first kappa shape index (κ1) is 13.5. The van der Waals surface area contributed by atoms with Crippen molar-refractivity contribution < 1.29 is 9.13 Å². The molecule has 0 aliphatic carbocycles. The molecule has 1 aromatic rings. The Morgan fingerprint density at radius 1 is 1.50 bits per heavy atom. The Morgan fingerprint density at radius 2 is 2.33 bits per heavy atom. The number of rotatable bonds is 5. The van der Waals surface area contributed by atoms with Crippen LogP contribution in [0, 0.1) is 5.82 Å². The van der Waals surface area contributed by atoms with Gasteiger partial charge < -0.3 is 15.4 Å². The summed E-state index contributed by atoms with van der Waals surface area (Å²) in [6.07, 6.45) is 0.994. The zero-order valence-corrected chi connectivity index (χ0v) is 10.8. The maximum Gasteiger partial charge on any atom is 0.127 e. The Morgan fingerprint density at radius 3 is 3.06 bits per heavy atom. The fraction of sp³-hybridized carbons (Fsp3) is 0.571. The van der Waals surface area contributed by atoms with Gasteiger partial charge in [0.2, 0.25) is 0 Å². The van der Waals surface area contributed by atoms with Gasteiger partial charge >= 0.3 is 0 Å². The predicted molar refractivity (Wildman–Crippen MR) is 69.9 cm³/mol. The van der Waals surface area contributed by atoms with Crippen LogP contribution in [0.25, 0.3) is 0 Å². The largest absolute Gasteiger partial charge is 0.379 e. The summed E-state index contributed by atoms with van der Waals surface area (Å²) in [6.45, 7) is 5.18. The van der Waals surface area contributed by atoms with Crippen LogP contribution in [-0.2, 0) is 11.3 Å². The van der Waals surface area contributed by atoms with E-state index in [1.165, 1.54) is 6.07 Å². The lowest BCUT2D eigenvalue weighted by Crippen LogP contribution is -2.44. The normalized spacial score (nSPS) is 21.8. The highest BCUT2D eigenvalue weighted by Gasteiger charge is 2.16. The summed E-state index contributed by atoms with van der Waals surface area (Å²) >= 11 is 0. The lowest BCUT2D eigenvalue weighted by atomic mass is 10.1. The van der Waals surface area contributed by atoms with Crippen molar-refractivity contribution in [2.45, 2.75) is 32.0 Å². The summed E-state index contributed by atoms with van der Waals surface area (Å²) in [4.78, 5) is 0. The Bertz CT molecular complexity index is 367. The predicted octanol–water partition coefficient (Wildman–Crippen LogP) is 1.68. The molecule has 0 radical (unpaired) electrons. The molecule has 1 fully saturated rings. The molecule has 0 bridgehead atoms. The van der Waals surface area contributed by atoms with Gasteiger partial charge in [0.05, 0.1) is 13.2 Å². The third-order valence-corrected chi connectivity index (χ3v) is 3.24. The molecule has 100 valence electrons. The highest BCUT2D eigenvalue weighted by atomic mass is 19.1. The molecule has 2 N–H and O–H groups in total. The highest BCUT2D eigenvalue weighted by molar-refractivity contribution is 5.16. The molecule has 2 unspecified atom stereocenters. The minimum atomic E-state index is -0.142. The third-order valence-electron chi connectivity index (χ3n) is 3.24. The van der Waals surface area contributed by atoms with E-state index in [4.69, 9.17) is 4.74 Å². The summed E-state index contributed by atoms with van der Waals surface area (Å²) in [5, 5.41) is 6.77. The van der Waals surface area contributed by atoms with Gasteiger partial charge in [0.15, 0.2) is 0 Å². The minimum absolute atomic E-state index is 0.142. The minimum Gasteiger partial charge on any atom is -0.379 e. The Balaban J connectivity index is 1.74. The van der Waals surface area contributed by atoms with Gasteiger partial charge in [-0.1, -0.05) is 18.2 Å². The number of ether oxygens (including phenoxy) is 1. The second-order valence-electron chi connectivity index (χ2n) is 4.84. The van der Waals surface area contributed by atoms with Crippen LogP contribution in [0.5, 0.6) is 0 Å². The topological polar surface area (TPSA) is 33.3 Å². The molecule has 1 heterocycles. The van der Waals surface area contributed by atoms with Crippen molar-refractivity contribution in [3.05, 3.63) is 35.6 Å². The fourth-order valence-corrected chi connectivity index (χ4v) is 2.21. The average molecular weight is 252 g/mol. The van der Waals surface area contributed by atoms with Crippen molar-refractivity contribution in [3.63, 3.8) is 0 Å².